The van der Waals surface area contributed by atoms with Gasteiger partial charge in [0.25, 0.3) is 0 Å². The maximum Gasteiger partial charge on any atom is 0.349 e. The van der Waals surface area contributed by atoms with Crippen LogP contribution in [0.2, 0.25) is 0 Å². The highest BCUT2D eigenvalue weighted by Crippen LogP contribution is 2.29. The van der Waals surface area contributed by atoms with Crippen LogP contribution in [0.4, 0.5) is 0 Å². The van der Waals surface area contributed by atoms with Crippen molar-refractivity contribution in [2.45, 2.75) is 20.5 Å². The van der Waals surface area contributed by atoms with Gasteiger partial charge in [0, 0.05) is 4.88 Å². The second-order valence-corrected chi connectivity index (χ2v) is 4.70. The highest BCUT2D eigenvalue weighted by atomic mass is 32.1. The maximum atomic E-state index is 10.9. The van der Waals surface area contributed by atoms with E-state index in [1.807, 2.05) is 6.92 Å². The van der Waals surface area contributed by atoms with Crippen LogP contribution in [0, 0.1) is 13.8 Å². The van der Waals surface area contributed by atoms with Gasteiger partial charge in [0.2, 0.25) is 0 Å². The van der Waals surface area contributed by atoms with E-state index in [4.69, 9.17) is 9.84 Å². The molecule has 0 aromatic carbocycles. The third-order valence-corrected chi connectivity index (χ3v) is 3.15. The van der Waals surface area contributed by atoms with E-state index in [1.165, 1.54) is 11.3 Å². The summed E-state index contributed by atoms with van der Waals surface area (Å²) in [5.74, 6) is -0.643. The lowest BCUT2D eigenvalue weighted by Crippen LogP contribution is -2.01. The van der Waals surface area contributed by atoms with Crippen molar-refractivity contribution >= 4 is 17.3 Å². The Hall–Kier alpha value is -1.89. The smallest absolute Gasteiger partial charge is 0.349 e. The SMILES string of the molecule is Cc1cc(OCc2nonc2C)c(C(=O)O)s1. The Labute approximate surface area is 101 Å². The Morgan fingerprint density at radius 1 is 1.53 bits per heavy atom. The molecule has 6 nitrogen and oxygen atoms in total. The minimum Gasteiger partial charge on any atom is -0.485 e. The molecular formula is C10H10N2O4S. The number of hydrogen-bond acceptors (Lipinski definition) is 6. The van der Waals surface area contributed by atoms with Crippen molar-refractivity contribution in [3.63, 3.8) is 0 Å². The van der Waals surface area contributed by atoms with E-state index >= 15 is 0 Å². The molecule has 0 atom stereocenters. The molecule has 0 amide bonds. The zero-order valence-corrected chi connectivity index (χ0v) is 10.1. The largest absolute Gasteiger partial charge is 0.485 e. The summed E-state index contributed by atoms with van der Waals surface area (Å²) < 4.78 is 9.93. The molecule has 0 unspecified atom stereocenters. The van der Waals surface area contributed by atoms with Crippen LogP contribution >= 0.6 is 11.3 Å². The molecule has 0 radical (unpaired) electrons. The van der Waals surface area contributed by atoms with Crippen LogP contribution in [0.5, 0.6) is 5.75 Å². The molecule has 0 saturated heterocycles. The van der Waals surface area contributed by atoms with Crippen LogP contribution < -0.4 is 4.74 Å². The number of thiophene rings is 1. The van der Waals surface area contributed by atoms with Gasteiger partial charge in [0.05, 0.1) is 0 Å². The minimum absolute atomic E-state index is 0.145. The third-order valence-electron chi connectivity index (χ3n) is 2.13. The summed E-state index contributed by atoms with van der Waals surface area (Å²) in [6.45, 7) is 3.71. The second kappa shape index (κ2) is 4.54. The average Bonchev–Trinajstić information content (AvgIpc) is 2.82. The van der Waals surface area contributed by atoms with Gasteiger partial charge in [-0.25, -0.2) is 9.42 Å². The lowest BCUT2D eigenvalue weighted by Gasteiger charge is -2.02. The zero-order chi connectivity index (χ0) is 12.4. The molecule has 2 aromatic heterocycles. The van der Waals surface area contributed by atoms with Crippen LogP contribution in [-0.2, 0) is 6.61 Å². The Kier molecular flexibility index (Phi) is 3.10. The summed E-state index contributed by atoms with van der Waals surface area (Å²) in [5, 5.41) is 16.2. The summed E-state index contributed by atoms with van der Waals surface area (Å²) in [4.78, 5) is 12.0. The molecule has 0 bridgehead atoms. The monoisotopic (exact) mass is 254 g/mol. The average molecular weight is 254 g/mol. The minimum atomic E-state index is -0.993. The van der Waals surface area contributed by atoms with Crippen LogP contribution in [0.1, 0.15) is 25.9 Å². The fourth-order valence-electron chi connectivity index (χ4n) is 1.27. The van der Waals surface area contributed by atoms with Gasteiger partial charge in [-0.15, -0.1) is 11.3 Å². The number of carboxylic acid groups (broad SMARTS) is 1. The number of nitrogens with zero attached hydrogens (tertiary/aromatic N) is 2. The first-order valence-corrected chi connectivity index (χ1v) is 5.64. The lowest BCUT2D eigenvalue weighted by molar-refractivity contribution is 0.0697. The van der Waals surface area contributed by atoms with Crippen molar-refractivity contribution < 1.29 is 19.3 Å². The Bertz CT molecular complexity index is 546. The van der Waals surface area contributed by atoms with Gasteiger partial charge < -0.3 is 9.84 Å². The normalized spacial score (nSPS) is 10.5. The number of carboxylic acids is 1. The van der Waals surface area contributed by atoms with Crippen LogP contribution in [0.3, 0.4) is 0 Å². The summed E-state index contributed by atoms with van der Waals surface area (Å²) in [6, 6.07) is 1.69. The number of ether oxygens (including phenoxy) is 1. The van der Waals surface area contributed by atoms with Crippen molar-refractivity contribution in [1.82, 2.24) is 10.3 Å². The Morgan fingerprint density at radius 3 is 2.88 bits per heavy atom. The van der Waals surface area contributed by atoms with E-state index in [0.717, 1.165) is 4.88 Å². The predicted molar refractivity (Wildman–Crippen MR) is 59.4 cm³/mol. The van der Waals surface area contributed by atoms with Gasteiger partial charge in [0.15, 0.2) is 4.88 Å². The van der Waals surface area contributed by atoms with Crippen molar-refractivity contribution in [2.75, 3.05) is 0 Å². The molecule has 0 spiro atoms. The maximum absolute atomic E-state index is 10.9. The first-order chi connectivity index (χ1) is 8.08. The number of hydrogen-bond donors (Lipinski definition) is 1. The fraction of sp³-hybridized carbons (Fsp3) is 0.300. The lowest BCUT2D eigenvalue weighted by atomic mass is 10.3. The number of carbonyl (C=O) groups is 1. The van der Waals surface area contributed by atoms with Crippen LogP contribution in [-0.4, -0.2) is 21.4 Å². The van der Waals surface area contributed by atoms with E-state index in [1.54, 1.807) is 13.0 Å². The molecule has 17 heavy (non-hydrogen) atoms. The van der Waals surface area contributed by atoms with Crippen molar-refractivity contribution in [1.29, 1.82) is 0 Å². The molecular weight excluding hydrogens is 244 g/mol. The Balaban J connectivity index is 2.14. The first-order valence-electron chi connectivity index (χ1n) is 4.82. The molecule has 0 saturated carbocycles. The van der Waals surface area contributed by atoms with Gasteiger partial charge in [0.1, 0.15) is 23.7 Å². The van der Waals surface area contributed by atoms with Gasteiger partial charge in [-0.3, -0.25) is 0 Å². The number of aromatic nitrogens is 2. The van der Waals surface area contributed by atoms with Gasteiger partial charge in [-0.05, 0) is 19.9 Å². The number of aryl methyl sites for hydroxylation is 2. The van der Waals surface area contributed by atoms with Crippen molar-refractivity contribution in [3.05, 3.63) is 27.2 Å². The highest BCUT2D eigenvalue weighted by Gasteiger charge is 2.16. The van der Waals surface area contributed by atoms with Gasteiger partial charge >= 0.3 is 5.97 Å². The number of rotatable bonds is 4. The van der Waals surface area contributed by atoms with E-state index in [-0.39, 0.29) is 11.5 Å². The molecule has 2 aromatic rings. The van der Waals surface area contributed by atoms with Crippen LogP contribution in [0.25, 0.3) is 0 Å². The van der Waals surface area contributed by atoms with E-state index < -0.39 is 5.97 Å². The van der Waals surface area contributed by atoms with Gasteiger partial charge in [-0.1, -0.05) is 10.3 Å². The van der Waals surface area contributed by atoms with E-state index in [9.17, 15) is 4.79 Å². The summed E-state index contributed by atoms with van der Waals surface area (Å²) in [7, 11) is 0. The molecule has 0 aliphatic carbocycles. The first kappa shape index (κ1) is 11.6. The predicted octanol–water partition coefficient (Wildman–Crippen LogP) is 2.03. The van der Waals surface area contributed by atoms with E-state index in [0.29, 0.717) is 17.1 Å². The van der Waals surface area contributed by atoms with E-state index in [2.05, 4.69) is 14.9 Å². The molecule has 1 N–H and O–H groups in total. The topological polar surface area (TPSA) is 85.5 Å². The Morgan fingerprint density at radius 2 is 2.29 bits per heavy atom. The number of aromatic carboxylic acids is 1. The highest BCUT2D eigenvalue weighted by molar-refractivity contribution is 7.14. The summed E-state index contributed by atoms with van der Waals surface area (Å²) in [6.07, 6.45) is 0. The molecule has 0 fully saturated rings. The zero-order valence-electron chi connectivity index (χ0n) is 9.26. The fourth-order valence-corrected chi connectivity index (χ4v) is 2.07. The van der Waals surface area contributed by atoms with Gasteiger partial charge in [-0.2, -0.15) is 0 Å². The molecule has 90 valence electrons. The summed E-state index contributed by atoms with van der Waals surface area (Å²) >= 11 is 1.18. The second-order valence-electron chi connectivity index (χ2n) is 3.44. The van der Waals surface area contributed by atoms with Crippen molar-refractivity contribution in [2.24, 2.45) is 0 Å². The molecule has 2 rings (SSSR count). The van der Waals surface area contributed by atoms with Crippen molar-refractivity contribution in [3.8, 4) is 5.75 Å². The third kappa shape index (κ3) is 2.44. The molecule has 2 heterocycles. The molecule has 7 heteroatoms. The standard InChI is InChI=1S/C10H10N2O4S/c1-5-3-8(9(17-5)10(13)14)15-4-7-6(2)11-16-12-7/h3H,4H2,1-2H3,(H,13,14). The van der Waals surface area contributed by atoms with Crippen LogP contribution in [0.15, 0.2) is 10.7 Å². The molecule has 0 aliphatic heterocycles. The molecule has 0 aliphatic rings. The quantitative estimate of drug-likeness (QED) is 0.898. The summed E-state index contributed by atoms with van der Waals surface area (Å²) in [5.41, 5.74) is 1.19.